The van der Waals surface area contributed by atoms with Crippen molar-refractivity contribution in [2.24, 2.45) is 23.2 Å². The van der Waals surface area contributed by atoms with Crippen LogP contribution in [0.15, 0.2) is 105 Å². The van der Waals surface area contributed by atoms with Crippen LogP contribution in [-0.4, -0.2) is 29.4 Å². The minimum atomic E-state index is -0.743. The number of ketones is 4. The lowest BCUT2D eigenvalue weighted by atomic mass is 9.56. The van der Waals surface area contributed by atoms with E-state index in [1.54, 1.807) is 0 Å². The lowest BCUT2D eigenvalue weighted by Gasteiger charge is -2.46. The zero-order valence-electron chi connectivity index (χ0n) is 28.5. The van der Waals surface area contributed by atoms with Crippen molar-refractivity contribution in [1.82, 2.24) is 0 Å². The van der Waals surface area contributed by atoms with E-state index in [9.17, 15) is 24.0 Å². The summed E-state index contributed by atoms with van der Waals surface area (Å²) < 4.78 is 0. The standard InChI is InChI=1S/C42H48O5/c1-26(2)37-14-12-27(3)9-7-15-42(25-43)34-17-29(5)11-13-31-22-40(46)32(23-39(31)45)16-28(4)8-6-10-30(18-34)19-35(42)20-33-21-36(44)24-38(37)41(33)47/h8-9,11,18,21-25,34-35,37H,1,6-7,10,12-17,19-20H2,2-5H3/b27-9+,28-8-,29-11+/t34-,35-,37-,42+/m1/s1. The van der Waals surface area contributed by atoms with Crippen LogP contribution < -0.4 is 0 Å². The van der Waals surface area contributed by atoms with Crippen molar-refractivity contribution in [2.75, 3.05) is 0 Å². The molecule has 6 aliphatic rings. The first-order valence-electron chi connectivity index (χ1n) is 17.2. The zero-order valence-corrected chi connectivity index (χ0v) is 28.5. The lowest BCUT2D eigenvalue weighted by molar-refractivity contribution is -0.123. The molecule has 0 aromatic heterocycles. The van der Waals surface area contributed by atoms with Gasteiger partial charge in [-0.05, 0) is 134 Å². The van der Waals surface area contributed by atoms with Crippen molar-refractivity contribution < 1.29 is 24.0 Å². The van der Waals surface area contributed by atoms with E-state index in [-0.39, 0.29) is 40.9 Å². The molecule has 0 N–H and O–H groups in total. The van der Waals surface area contributed by atoms with Gasteiger partial charge in [0.25, 0.3) is 0 Å². The molecule has 6 rings (SSSR count). The first kappa shape index (κ1) is 34.3. The SMILES string of the molecule is C=C(C)[C@H]1CC/C(C)=C/CC[C@@]2(C=O)[C@H](CC3=C[C@H]2C/C(C)=C/CC2=CC(=O)C(=CC2=O)C/C(C)=C\CC3)CC2=CC(=O)C=C1C2=O. The minimum absolute atomic E-state index is 0.0909. The lowest BCUT2D eigenvalue weighted by Crippen LogP contribution is -2.43. The molecule has 4 atom stereocenters. The van der Waals surface area contributed by atoms with Gasteiger partial charge in [0, 0.05) is 33.6 Å². The predicted molar refractivity (Wildman–Crippen MR) is 186 cm³/mol. The zero-order chi connectivity index (χ0) is 33.9. The minimum Gasteiger partial charge on any atom is -0.303 e. The molecule has 0 aliphatic heterocycles. The van der Waals surface area contributed by atoms with E-state index >= 15 is 0 Å². The Labute approximate surface area is 279 Å². The summed E-state index contributed by atoms with van der Waals surface area (Å²) in [5.41, 5.74) is 6.75. The van der Waals surface area contributed by atoms with Gasteiger partial charge in [0.1, 0.15) is 6.29 Å². The molecular weight excluding hydrogens is 584 g/mol. The first-order valence-corrected chi connectivity index (χ1v) is 17.2. The Balaban J connectivity index is 1.58. The second-order valence-corrected chi connectivity index (χ2v) is 14.6. The molecule has 0 fully saturated rings. The number of fused-ring (bicyclic) bond motifs is 10. The molecule has 0 amide bonds. The van der Waals surface area contributed by atoms with E-state index in [1.165, 1.54) is 35.5 Å². The second kappa shape index (κ2) is 14.4. The van der Waals surface area contributed by atoms with Crippen LogP contribution in [0.2, 0.25) is 0 Å². The summed E-state index contributed by atoms with van der Waals surface area (Å²) in [6.07, 6.45) is 22.8. The molecule has 0 spiro atoms. The fraction of sp³-hybridized carbons (Fsp3) is 0.452. The van der Waals surface area contributed by atoms with Gasteiger partial charge >= 0.3 is 0 Å². The van der Waals surface area contributed by atoms with E-state index in [0.29, 0.717) is 67.2 Å². The van der Waals surface area contributed by atoms with E-state index < -0.39 is 5.41 Å². The third-order valence-electron chi connectivity index (χ3n) is 11.0. The Hall–Kier alpha value is -3.99. The molecule has 6 aliphatic carbocycles. The first-order chi connectivity index (χ1) is 22.4. The average molecular weight is 633 g/mol. The van der Waals surface area contributed by atoms with Crippen molar-refractivity contribution in [2.45, 2.75) is 98.3 Å². The van der Waals surface area contributed by atoms with Crippen molar-refractivity contribution in [3.63, 3.8) is 0 Å². The molecule has 0 heterocycles. The van der Waals surface area contributed by atoms with Crippen LogP contribution in [0.1, 0.15) is 98.3 Å². The fourth-order valence-corrected chi connectivity index (χ4v) is 8.25. The summed E-state index contributed by atoms with van der Waals surface area (Å²) in [4.78, 5) is 66.6. The van der Waals surface area contributed by atoms with Crippen LogP contribution in [0.4, 0.5) is 0 Å². The molecule has 5 nitrogen and oxygen atoms in total. The summed E-state index contributed by atoms with van der Waals surface area (Å²) >= 11 is 0. The maximum atomic E-state index is 14.1. The Morgan fingerprint density at radius 2 is 1.53 bits per heavy atom. The molecule has 0 saturated heterocycles. The van der Waals surface area contributed by atoms with Crippen molar-refractivity contribution in [3.05, 3.63) is 105 Å². The molecule has 0 aromatic carbocycles. The number of hydrogen-bond acceptors (Lipinski definition) is 5. The van der Waals surface area contributed by atoms with Gasteiger partial charge in [0.05, 0.1) is 0 Å². The van der Waals surface area contributed by atoms with Crippen LogP contribution in [0, 0.1) is 23.2 Å². The van der Waals surface area contributed by atoms with E-state index in [0.717, 1.165) is 48.7 Å². The maximum absolute atomic E-state index is 14.1. The fourth-order valence-electron chi connectivity index (χ4n) is 8.25. The Kier molecular flexibility index (Phi) is 10.5. The van der Waals surface area contributed by atoms with Crippen LogP contribution in [0.5, 0.6) is 0 Å². The highest BCUT2D eigenvalue weighted by Gasteiger charge is 2.47. The Bertz CT molecular complexity index is 1660. The smallest absolute Gasteiger partial charge is 0.185 e. The summed E-state index contributed by atoms with van der Waals surface area (Å²) in [7, 11) is 0. The quantitative estimate of drug-likeness (QED) is 0.173. The number of carbonyl (C=O) groups excluding carboxylic acids is 5. The Morgan fingerprint density at radius 1 is 0.809 bits per heavy atom. The highest BCUT2D eigenvalue weighted by molar-refractivity contribution is 6.21. The molecule has 0 unspecified atom stereocenters. The molecule has 6 bridgehead atoms. The van der Waals surface area contributed by atoms with Gasteiger partial charge in [0.2, 0.25) is 0 Å². The molecule has 5 heteroatoms. The van der Waals surface area contributed by atoms with Gasteiger partial charge < -0.3 is 4.79 Å². The average Bonchev–Trinajstić information content (AvgIpc) is 3.01. The molecule has 0 saturated carbocycles. The van der Waals surface area contributed by atoms with Gasteiger partial charge in [-0.25, -0.2) is 0 Å². The highest BCUT2D eigenvalue weighted by atomic mass is 16.1. The number of allylic oxidation sites excluding steroid dienone is 17. The summed E-state index contributed by atoms with van der Waals surface area (Å²) in [6.45, 7) is 12.2. The molecule has 47 heavy (non-hydrogen) atoms. The normalized spacial score (nSPS) is 32.9. The van der Waals surface area contributed by atoms with Crippen LogP contribution >= 0.6 is 0 Å². The largest absolute Gasteiger partial charge is 0.303 e. The van der Waals surface area contributed by atoms with E-state index in [4.69, 9.17) is 0 Å². The van der Waals surface area contributed by atoms with Gasteiger partial charge in [-0.15, -0.1) is 0 Å². The summed E-state index contributed by atoms with van der Waals surface area (Å²) in [6, 6.07) is 0. The maximum Gasteiger partial charge on any atom is 0.185 e. The van der Waals surface area contributed by atoms with Crippen molar-refractivity contribution in [3.8, 4) is 0 Å². The number of hydrogen-bond donors (Lipinski definition) is 0. The molecular formula is C42H48O5. The second-order valence-electron chi connectivity index (χ2n) is 14.6. The topological polar surface area (TPSA) is 85.3 Å². The summed E-state index contributed by atoms with van der Waals surface area (Å²) in [5, 5.41) is 0. The molecule has 0 radical (unpaired) electrons. The monoisotopic (exact) mass is 632 g/mol. The predicted octanol–water partition coefficient (Wildman–Crippen LogP) is 8.70. The third kappa shape index (κ3) is 7.61. The van der Waals surface area contributed by atoms with Crippen molar-refractivity contribution >= 4 is 29.4 Å². The number of aldehydes is 1. The number of Topliss-reactive ketones (excluding diaryl/α,β-unsaturated/α-hetero) is 1. The van der Waals surface area contributed by atoms with E-state index in [2.05, 4.69) is 31.7 Å². The Morgan fingerprint density at radius 3 is 2.28 bits per heavy atom. The van der Waals surface area contributed by atoms with Gasteiger partial charge in [-0.2, -0.15) is 0 Å². The summed E-state index contributed by atoms with van der Waals surface area (Å²) in [5.74, 6) is -0.931. The third-order valence-corrected chi connectivity index (χ3v) is 11.0. The van der Waals surface area contributed by atoms with Gasteiger partial charge in [-0.1, -0.05) is 58.7 Å². The van der Waals surface area contributed by atoms with Gasteiger partial charge in [0.15, 0.2) is 23.1 Å². The highest BCUT2D eigenvalue weighted by Crippen LogP contribution is 2.52. The van der Waals surface area contributed by atoms with Crippen LogP contribution in [-0.2, 0) is 24.0 Å². The van der Waals surface area contributed by atoms with Crippen LogP contribution in [0.3, 0.4) is 0 Å². The van der Waals surface area contributed by atoms with Crippen molar-refractivity contribution in [1.29, 1.82) is 0 Å². The number of carbonyl (C=O) groups is 5. The molecule has 246 valence electrons. The van der Waals surface area contributed by atoms with E-state index in [1.807, 2.05) is 26.8 Å². The molecule has 0 aromatic rings. The van der Waals surface area contributed by atoms with Gasteiger partial charge in [-0.3, -0.25) is 19.2 Å². The van der Waals surface area contributed by atoms with Crippen LogP contribution in [0.25, 0.3) is 0 Å². The number of rotatable bonds is 2.